The fourth-order valence-electron chi connectivity index (χ4n) is 6.27. The van der Waals surface area contributed by atoms with Crippen LogP contribution in [0.5, 0.6) is 0 Å². The van der Waals surface area contributed by atoms with Gasteiger partial charge < -0.3 is 20.9 Å². The van der Waals surface area contributed by atoms with E-state index in [2.05, 4.69) is 17.4 Å². The normalized spacial score (nSPS) is 13.0. The van der Waals surface area contributed by atoms with E-state index in [4.69, 9.17) is 23.2 Å². The topological polar surface area (TPSA) is 234 Å². The van der Waals surface area contributed by atoms with Gasteiger partial charge in [0.25, 0.3) is 23.6 Å². The van der Waals surface area contributed by atoms with Crippen molar-refractivity contribution in [3.8, 4) is 0 Å². The predicted octanol–water partition coefficient (Wildman–Crippen LogP) is 6.09. The average Bonchev–Trinajstić information content (AvgIpc) is 3.33. The summed E-state index contributed by atoms with van der Waals surface area (Å²) in [7, 11) is -12.4. The smallest absolute Gasteiger partial charge is 0.749 e. The molecule has 2 aliphatic heterocycles. The predicted molar refractivity (Wildman–Crippen MR) is 249 cm³/mol. The van der Waals surface area contributed by atoms with Crippen molar-refractivity contribution < 1.29 is 101 Å². The molecule has 0 spiro atoms. The van der Waals surface area contributed by atoms with Crippen molar-refractivity contribution in [3.05, 3.63) is 173 Å². The quantitative estimate of drug-likeness (QED) is 0.0522. The van der Waals surface area contributed by atoms with Crippen LogP contribution in [0.3, 0.4) is 0 Å². The van der Waals surface area contributed by atoms with Crippen LogP contribution in [0.1, 0.15) is 52.6 Å². The van der Waals surface area contributed by atoms with E-state index in [-0.39, 0.29) is 72.9 Å². The minimum atomic E-state index is -6.30. The van der Waals surface area contributed by atoms with Gasteiger partial charge in [-0.2, -0.15) is 34.4 Å². The molecule has 71 heavy (non-hydrogen) atoms. The van der Waals surface area contributed by atoms with Crippen LogP contribution in [0.2, 0.25) is 0 Å². The molecule has 0 saturated carbocycles. The molecule has 8 rings (SSSR count). The van der Waals surface area contributed by atoms with Crippen molar-refractivity contribution in [3.63, 3.8) is 0 Å². The van der Waals surface area contributed by atoms with Gasteiger partial charge in [0.15, 0.2) is 0 Å². The van der Waals surface area contributed by atoms with E-state index in [1.807, 2.05) is 12.1 Å². The van der Waals surface area contributed by atoms with Crippen molar-refractivity contribution in [1.82, 2.24) is 10.1 Å². The summed E-state index contributed by atoms with van der Waals surface area (Å²) in [6.07, 6.45) is 2.95. The molecule has 6 amide bonds. The molecule has 0 saturated heterocycles. The van der Waals surface area contributed by atoms with E-state index < -0.39 is 66.3 Å². The van der Waals surface area contributed by atoms with E-state index in [9.17, 15) is 72.3 Å². The van der Waals surface area contributed by atoms with Gasteiger partial charge in [0.05, 0.1) is 16.5 Å². The first kappa shape index (κ1) is 57.2. The molecule has 364 valence electrons. The Morgan fingerprint density at radius 2 is 0.901 bits per heavy atom. The fraction of sp³-hybridized carbons (Fsp3) is 0.0667. The molecule has 16 nitrogen and oxygen atoms in total. The van der Waals surface area contributed by atoms with Gasteiger partial charge in [0.1, 0.15) is 0 Å². The van der Waals surface area contributed by atoms with Crippen molar-refractivity contribution in [1.29, 1.82) is 0 Å². The van der Waals surface area contributed by atoms with Crippen LogP contribution in [0.15, 0.2) is 134 Å². The van der Waals surface area contributed by atoms with Crippen LogP contribution in [0.4, 0.5) is 32.8 Å². The molecule has 6 aromatic rings. The molecule has 0 aliphatic carbocycles. The van der Waals surface area contributed by atoms with Gasteiger partial charge in [0.2, 0.25) is 0 Å². The van der Waals surface area contributed by atoms with Crippen LogP contribution in [0.25, 0.3) is 33.7 Å². The van der Waals surface area contributed by atoms with Gasteiger partial charge in [0, 0.05) is 33.3 Å². The number of nitrogens with zero attached hydrogens (tertiary/aromatic N) is 2. The average molecular weight is 1070 g/mol. The number of anilines is 2. The first-order valence-corrected chi connectivity index (χ1v) is 23.0. The molecular formula is C45H30Cl2F5N4NaO12S2. The third-order valence-corrected chi connectivity index (χ3v) is 11.6. The molecule has 2 N–H and O–H groups in total. The Balaban J connectivity index is 0.000000243. The van der Waals surface area contributed by atoms with Gasteiger partial charge >= 0.3 is 72.2 Å². The van der Waals surface area contributed by atoms with Crippen LogP contribution < -0.4 is 40.2 Å². The van der Waals surface area contributed by atoms with Crippen molar-refractivity contribution in [2.24, 2.45) is 0 Å². The Hall–Kier alpha value is -6.41. The van der Waals surface area contributed by atoms with Crippen molar-refractivity contribution in [2.45, 2.75) is 10.5 Å². The van der Waals surface area contributed by atoms with Crippen LogP contribution >= 0.6 is 23.2 Å². The van der Waals surface area contributed by atoms with Crippen molar-refractivity contribution in [2.75, 3.05) is 16.0 Å². The molecule has 0 aromatic heterocycles. The maximum Gasteiger partial charge on any atom is 1.00 e. The third kappa shape index (κ3) is 12.2. The summed E-state index contributed by atoms with van der Waals surface area (Å²) in [6.45, 7) is 6.98. The maximum absolute atomic E-state index is 14.6. The van der Waals surface area contributed by atoms with E-state index in [0.717, 1.165) is 5.39 Å². The monoisotopic (exact) mass is 1070 g/mol. The standard InChI is InChI=1S/C22H14F2N2O6S.C12H6NO3.C10H8F3NO3S.CH2Cl2.Na/c1-2-13-9-11-15(12-10-13)25-21(29)22(23,24)33(30,31)32-26-19(27)16-7-3-5-14-6-4-8-17(18(14)16)20(26)28;14-11-8-5-1-3-7-4-2-6-9(10(7)8)12(15)13(11)16;1-2-7-3-5-8(6-4-7)14-9(15)10(11,12)18(13,16)17;2-1-3;/h2-12H,1H2,(H,25,29);1-6H;2-6H,1H2,(H,14,15);1H2;/q;-1;;;+1. The minimum absolute atomic E-state index is 0. The number of hydrogen-bond acceptors (Lipinski definition) is 12. The number of hydroxylamine groups is 4. The van der Waals surface area contributed by atoms with Gasteiger partial charge in [-0.3, -0.25) is 28.8 Å². The number of hydrogen-bond donors (Lipinski definition) is 2. The molecule has 0 unspecified atom stereocenters. The molecule has 0 bridgehead atoms. The zero-order valence-electron chi connectivity index (χ0n) is 36.1. The van der Waals surface area contributed by atoms with E-state index in [1.54, 1.807) is 47.0 Å². The summed E-state index contributed by atoms with van der Waals surface area (Å²) >= 11 is 9.53. The van der Waals surface area contributed by atoms with Crippen LogP contribution in [-0.2, 0) is 34.2 Å². The minimum Gasteiger partial charge on any atom is -0.749 e. The Morgan fingerprint density at radius 1 is 0.592 bits per heavy atom. The first-order chi connectivity index (χ1) is 32.9. The molecule has 6 aromatic carbocycles. The number of imide groups is 2. The van der Waals surface area contributed by atoms with Gasteiger partial charge in [-0.05, 0) is 70.4 Å². The number of halogens is 7. The molecule has 2 aliphatic rings. The largest absolute Gasteiger partial charge is 1.00 e. The molecule has 0 radical (unpaired) electrons. The SMILES string of the molecule is C=Cc1ccc(NC(=O)C(F)(F)S(=O)(=O)F)cc1.C=Cc1ccc(NC(=O)C(F)(F)S(=O)(=O)ON2C(=O)c3cccc4cccc(c34)C2=O)cc1.ClCCl.O=C1c2cccc3cccc(c23)C(=O)N1[O-].[Na+]. The molecule has 26 heteroatoms. The molecule has 0 atom stereocenters. The van der Waals surface area contributed by atoms with Gasteiger partial charge in [-0.1, -0.05) is 102 Å². The summed E-state index contributed by atoms with van der Waals surface area (Å²) in [6, 6.07) is 29.7. The Kier molecular flexibility index (Phi) is 18.7. The maximum atomic E-state index is 14.6. The Bertz CT molecular complexity index is 3240. The van der Waals surface area contributed by atoms with Gasteiger partial charge in [-0.25, -0.2) is 0 Å². The van der Waals surface area contributed by atoms with Crippen LogP contribution in [0, 0.1) is 5.21 Å². The molecule has 2 heterocycles. The van der Waals surface area contributed by atoms with Gasteiger partial charge in [-0.15, -0.1) is 32.5 Å². The van der Waals surface area contributed by atoms with Crippen molar-refractivity contribution >= 4 is 124 Å². The zero-order valence-corrected chi connectivity index (χ0v) is 41.2. The fourth-order valence-corrected chi connectivity index (χ4v) is 7.24. The summed E-state index contributed by atoms with van der Waals surface area (Å²) in [5.41, 5.74) is 1.44. The second-order valence-electron chi connectivity index (χ2n) is 13.9. The number of amides is 6. The molecular weight excluding hydrogens is 1040 g/mol. The molecule has 0 fully saturated rings. The van der Waals surface area contributed by atoms with Crippen LogP contribution in [-0.4, -0.2) is 78.3 Å². The summed E-state index contributed by atoms with van der Waals surface area (Å²) in [5.74, 6) is -8.57. The van der Waals surface area contributed by atoms with E-state index in [0.29, 0.717) is 33.0 Å². The summed E-state index contributed by atoms with van der Waals surface area (Å²) in [5, 5.41) is 6.40. The Morgan fingerprint density at radius 3 is 1.21 bits per heavy atom. The number of alkyl halides is 6. The summed E-state index contributed by atoms with van der Waals surface area (Å²) < 4.78 is 116. The van der Waals surface area contributed by atoms with E-state index >= 15 is 0 Å². The Labute approximate surface area is 431 Å². The van der Waals surface area contributed by atoms with E-state index in [1.165, 1.54) is 84.9 Å². The number of carbonyl (C=O) groups excluding carboxylic acids is 6. The second kappa shape index (κ2) is 23.2. The number of rotatable bonds is 10. The number of nitrogens with one attached hydrogen (secondary N) is 2. The number of carbonyl (C=O) groups is 6. The summed E-state index contributed by atoms with van der Waals surface area (Å²) in [4.78, 5) is 71.6. The zero-order chi connectivity index (χ0) is 51.9. The third-order valence-electron chi connectivity index (χ3n) is 9.60. The second-order valence-corrected chi connectivity index (χ2v) is 17.7. The number of benzene rings is 6. The first-order valence-electron chi connectivity index (χ1n) is 19.2.